The summed E-state index contributed by atoms with van der Waals surface area (Å²) in [5.74, 6) is 0.0824. The van der Waals surface area contributed by atoms with Crippen molar-refractivity contribution in [2.45, 2.75) is 45.1 Å². The van der Waals surface area contributed by atoms with E-state index >= 15 is 0 Å². The molecule has 4 heteroatoms. The summed E-state index contributed by atoms with van der Waals surface area (Å²) in [5, 5.41) is 3.16. The average Bonchev–Trinajstić information content (AvgIpc) is 2.70. The summed E-state index contributed by atoms with van der Waals surface area (Å²) in [5.41, 5.74) is 5.69. The molecule has 0 spiro atoms. The predicted molar refractivity (Wildman–Crippen MR) is 56.7 cm³/mol. The van der Waals surface area contributed by atoms with Gasteiger partial charge in [-0.3, -0.25) is 10.2 Å². The number of carbonyl (C=O) groups excluding carboxylic acids is 1. The topological polar surface area (TPSA) is 53.2 Å². The summed E-state index contributed by atoms with van der Waals surface area (Å²) in [7, 11) is 0. The fraction of sp³-hybridized carbons (Fsp3) is 0.900. The average molecular weight is 199 g/mol. The van der Waals surface area contributed by atoms with Crippen molar-refractivity contribution in [3.63, 3.8) is 0 Å². The first-order valence-electron chi connectivity index (χ1n) is 5.60. The Morgan fingerprint density at radius 1 is 1.50 bits per heavy atom. The van der Waals surface area contributed by atoms with Gasteiger partial charge in [0.25, 0.3) is 5.91 Å². The highest BCUT2D eigenvalue weighted by atomic mass is 16.2. The number of rotatable bonds is 6. The molecular formula is C10H21N3O. The van der Waals surface area contributed by atoms with Gasteiger partial charge < -0.3 is 5.32 Å². The standard InChI is InChI=1S/C10H21N3O/c1-2-3-4-8-12-13-10(14)9-6-5-7-11-9/h9,11-12H,2-8H2,1H3,(H,13,14)/t9-/m0/s1. The maximum Gasteiger partial charge on any atom is 0.251 e. The van der Waals surface area contributed by atoms with Crippen LogP contribution in [0.3, 0.4) is 0 Å². The number of hydrazine groups is 1. The van der Waals surface area contributed by atoms with Gasteiger partial charge in [0.2, 0.25) is 0 Å². The molecule has 0 aliphatic carbocycles. The van der Waals surface area contributed by atoms with E-state index in [4.69, 9.17) is 0 Å². The van der Waals surface area contributed by atoms with E-state index in [1.165, 1.54) is 12.8 Å². The second kappa shape index (κ2) is 6.79. The molecule has 1 amide bonds. The lowest BCUT2D eigenvalue weighted by molar-refractivity contribution is -0.123. The lowest BCUT2D eigenvalue weighted by Gasteiger charge is -2.11. The van der Waals surface area contributed by atoms with Crippen molar-refractivity contribution in [2.24, 2.45) is 0 Å². The second-order valence-corrected chi connectivity index (χ2v) is 3.77. The first-order valence-corrected chi connectivity index (χ1v) is 5.60. The van der Waals surface area contributed by atoms with E-state index in [0.29, 0.717) is 0 Å². The van der Waals surface area contributed by atoms with Crippen LogP contribution in [0.4, 0.5) is 0 Å². The SMILES string of the molecule is CCCCCNNC(=O)[C@@H]1CCCN1. The quantitative estimate of drug-likeness (QED) is 0.432. The Morgan fingerprint density at radius 3 is 3.00 bits per heavy atom. The summed E-state index contributed by atoms with van der Waals surface area (Å²) in [4.78, 5) is 11.4. The Kier molecular flexibility index (Phi) is 5.56. The molecule has 3 N–H and O–H groups in total. The number of amides is 1. The van der Waals surface area contributed by atoms with Gasteiger partial charge >= 0.3 is 0 Å². The second-order valence-electron chi connectivity index (χ2n) is 3.77. The van der Waals surface area contributed by atoms with E-state index in [1.807, 2.05) is 0 Å². The molecule has 14 heavy (non-hydrogen) atoms. The number of carbonyl (C=O) groups is 1. The Bertz CT molecular complexity index is 167. The fourth-order valence-electron chi connectivity index (χ4n) is 1.61. The van der Waals surface area contributed by atoms with Crippen LogP contribution in [0.15, 0.2) is 0 Å². The normalized spacial score (nSPS) is 21.1. The molecular weight excluding hydrogens is 178 g/mol. The van der Waals surface area contributed by atoms with E-state index in [9.17, 15) is 4.79 Å². The number of hydrogen-bond donors (Lipinski definition) is 3. The van der Waals surface area contributed by atoms with Gasteiger partial charge in [0.15, 0.2) is 0 Å². The van der Waals surface area contributed by atoms with E-state index in [2.05, 4.69) is 23.1 Å². The summed E-state index contributed by atoms with van der Waals surface area (Å²) < 4.78 is 0. The predicted octanol–water partition coefficient (Wildman–Crippen LogP) is 0.549. The highest BCUT2D eigenvalue weighted by Gasteiger charge is 2.21. The van der Waals surface area contributed by atoms with Gasteiger partial charge in [0.05, 0.1) is 6.04 Å². The van der Waals surface area contributed by atoms with E-state index < -0.39 is 0 Å². The number of nitrogens with one attached hydrogen (secondary N) is 3. The molecule has 1 aliphatic heterocycles. The Hall–Kier alpha value is -0.610. The van der Waals surface area contributed by atoms with Crippen molar-refractivity contribution in [2.75, 3.05) is 13.1 Å². The zero-order chi connectivity index (χ0) is 10.2. The van der Waals surface area contributed by atoms with E-state index in [0.717, 1.165) is 32.4 Å². The third-order valence-electron chi connectivity index (χ3n) is 2.49. The molecule has 1 fully saturated rings. The van der Waals surface area contributed by atoms with Crippen molar-refractivity contribution >= 4 is 5.91 Å². The van der Waals surface area contributed by atoms with Crippen LogP contribution in [0, 0.1) is 0 Å². The van der Waals surface area contributed by atoms with Crippen LogP contribution in [0.1, 0.15) is 39.0 Å². The fourth-order valence-corrected chi connectivity index (χ4v) is 1.61. The Balaban J connectivity index is 1.97. The van der Waals surface area contributed by atoms with Crippen molar-refractivity contribution < 1.29 is 4.79 Å². The molecule has 1 atom stereocenters. The smallest absolute Gasteiger partial charge is 0.251 e. The molecule has 1 rings (SSSR count). The van der Waals surface area contributed by atoms with Gasteiger partial charge in [-0.1, -0.05) is 19.8 Å². The highest BCUT2D eigenvalue weighted by molar-refractivity contribution is 5.81. The minimum atomic E-state index is 0.0219. The van der Waals surface area contributed by atoms with Crippen molar-refractivity contribution in [3.8, 4) is 0 Å². The van der Waals surface area contributed by atoms with Gasteiger partial charge in [-0.15, -0.1) is 0 Å². The molecule has 0 aromatic heterocycles. The van der Waals surface area contributed by atoms with Gasteiger partial charge in [0.1, 0.15) is 0 Å². The molecule has 0 radical (unpaired) electrons. The summed E-state index contributed by atoms with van der Waals surface area (Å²) >= 11 is 0. The maximum atomic E-state index is 11.4. The molecule has 0 unspecified atom stereocenters. The molecule has 1 heterocycles. The maximum absolute atomic E-state index is 11.4. The first kappa shape index (κ1) is 11.5. The van der Waals surface area contributed by atoms with Crippen LogP contribution >= 0.6 is 0 Å². The van der Waals surface area contributed by atoms with Crippen molar-refractivity contribution in [1.29, 1.82) is 0 Å². The van der Waals surface area contributed by atoms with Gasteiger partial charge in [0, 0.05) is 6.54 Å². The number of hydrogen-bond acceptors (Lipinski definition) is 3. The van der Waals surface area contributed by atoms with Gasteiger partial charge in [-0.2, -0.15) is 0 Å². The van der Waals surface area contributed by atoms with Crippen LogP contribution in [0.25, 0.3) is 0 Å². The number of unbranched alkanes of at least 4 members (excludes halogenated alkanes) is 2. The van der Waals surface area contributed by atoms with Crippen LogP contribution in [0.5, 0.6) is 0 Å². The Labute approximate surface area is 85.8 Å². The Morgan fingerprint density at radius 2 is 2.36 bits per heavy atom. The highest BCUT2D eigenvalue weighted by Crippen LogP contribution is 2.03. The van der Waals surface area contributed by atoms with E-state index in [1.54, 1.807) is 0 Å². The summed E-state index contributed by atoms with van der Waals surface area (Å²) in [6.45, 7) is 4.00. The molecule has 0 aromatic rings. The molecule has 82 valence electrons. The minimum Gasteiger partial charge on any atom is -0.306 e. The molecule has 4 nitrogen and oxygen atoms in total. The van der Waals surface area contributed by atoms with Crippen molar-refractivity contribution in [3.05, 3.63) is 0 Å². The zero-order valence-corrected chi connectivity index (χ0v) is 8.94. The minimum absolute atomic E-state index is 0.0219. The van der Waals surface area contributed by atoms with Gasteiger partial charge in [-0.05, 0) is 25.8 Å². The summed E-state index contributed by atoms with van der Waals surface area (Å²) in [6.07, 6.45) is 5.61. The van der Waals surface area contributed by atoms with Crippen LogP contribution in [-0.2, 0) is 4.79 Å². The van der Waals surface area contributed by atoms with Gasteiger partial charge in [-0.25, -0.2) is 5.43 Å². The third-order valence-corrected chi connectivity index (χ3v) is 2.49. The van der Waals surface area contributed by atoms with Crippen LogP contribution < -0.4 is 16.2 Å². The molecule has 0 bridgehead atoms. The third kappa shape index (κ3) is 4.07. The van der Waals surface area contributed by atoms with Crippen LogP contribution in [-0.4, -0.2) is 25.0 Å². The zero-order valence-electron chi connectivity index (χ0n) is 8.94. The summed E-state index contributed by atoms with van der Waals surface area (Å²) in [6, 6.07) is 0.0219. The molecule has 1 saturated heterocycles. The van der Waals surface area contributed by atoms with Crippen molar-refractivity contribution in [1.82, 2.24) is 16.2 Å². The van der Waals surface area contributed by atoms with E-state index in [-0.39, 0.29) is 11.9 Å². The first-order chi connectivity index (χ1) is 6.84. The molecule has 0 saturated carbocycles. The largest absolute Gasteiger partial charge is 0.306 e. The lowest BCUT2D eigenvalue weighted by Crippen LogP contribution is -2.47. The van der Waals surface area contributed by atoms with Crippen LogP contribution in [0.2, 0.25) is 0 Å². The molecule has 1 aliphatic rings. The molecule has 0 aromatic carbocycles. The lowest BCUT2D eigenvalue weighted by atomic mass is 10.2. The monoisotopic (exact) mass is 199 g/mol.